The predicted molar refractivity (Wildman–Crippen MR) is 145 cm³/mol. The lowest BCUT2D eigenvalue weighted by atomic mass is 10.2. The third kappa shape index (κ3) is 6.46. The van der Waals surface area contributed by atoms with E-state index >= 15 is 0 Å². The highest BCUT2D eigenvalue weighted by atomic mass is 35.5. The van der Waals surface area contributed by atoms with Gasteiger partial charge in [0.05, 0.1) is 20.5 Å². The SMILES string of the molecule is Cc1ccc(S(=O)(=O)Nc2ccc(C(=O)Nc3ccc(S(=O)(=O)Nc4nccc(C)n4)cc3)cc2Cl)cc1. The highest BCUT2D eigenvalue weighted by Gasteiger charge is 2.18. The van der Waals surface area contributed by atoms with Gasteiger partial charge in [0.2, 0.25) is 5.95 Å². The number of sulfonamides is 2. The van der Waals surface area contributed by atoms with Gasteiger partial charge < -0.3 is 5.32 Å². The Morgan fingerprint density at radius 3 is 2.00 bits per heavy atom. The highest BCUT2D eigenvalue weighted by Crippen LogP contribution is 2.27. The summed E-state index contributed by atoms with van der Waals surface area (Å²) in [6.07, 6.45) is 1.44. The van der Waals surface area contributed by atoms with E-state index in [2.05, 4.69) is 24.7 Å². The van der Waals surface area contributed by atoms with E-state index in [1.165, 1.54) is 60.8 Å². The quantitative estimate of drug-likeness (QED) is 0.280. The molecule has 0 radical (unpaired) electrons. The van der Waals surface area contributed by atoms with Gasteiger partial charge in [-0.2, -0.15) is 0 Å². The number of carbonyl (C=O) groups is 1. The van der Waals surface area contributed by atoms with Gasteiger partial charge in [0.1, 0.15) is 0 Å². The number of aromatic nitrogens is 2. The molecule has 4 aromatic rings. The molecule has 1 amide bonds. The molecular weight excluding hydrogens is 550 g/mol. The van der Waals surface area contributed by atoms with E-state index in [1.54, 1.807) is 25.1 Å². The lowest BCUT2D eigenvalue weighted by molar-refractivity contribution is 0.102. The van der Waals surface area contributed by atoms with Crippen molar-refractivity contribution in [2.75, 3.05) is 14.8 Å². The molecule has 38 heavy (non-hydrogen) atoms. The first-order valence-electron chi connectivity index (χ1n) is 11.1. The fourth-order valence-corrected chi connectivity index (χ4v) is 5.57. The monoisotopic (exact) mass is 571 g/mol. The summed E-state index contributed by atoms with van der Waals surface area (Å²) in [7, 11) is -7.81. The summed E-state index contributed by atoms with van der Waals surface area (Å²) in [5.74, 6) is -0.578. The van der Waals surface area contributed by atoms with Crippen LogP contribution in [0.2, 0.25) is 5.02 Å². The van der Waals surface area contributed by atoms with Crippen molar-refractivity contribution in [2.45, 2.75) is 23.6 Å². The number of nitrogens with one attached hydrogen (secondary N) is 3. The maximum absolute atomic E-state index is 12.7. The molecule has 4 rings (SSSR count). The van der Waals surface area contributed by atoms with Crippen molar-refractivity contribution in [3.8, 4) is 0 Å². The summed E-state index contributed by atoms with van der Waals surface area (Å²) in [4.78, 5) is 20.6. The van der Waals surface area contributed by atoms with Gasteiger partial charge in [-0.15, -0.1) is 0 Å². The summed E-state index contributed by atoms with van der Waals surface area (Å²) >= 11 is 6.25. The minimum atomic E-state index is -3.94. The fraction of sp³-hybridized carbons (Fsp3) is 0.0800. The molecule has 10 nitrogen and oxygen atoms in total. The normalized spacial score (nSPS) is 11.6. The Hall–Kier alpha value is -4.00. The molecule has 0 atom stereocenters. The van der Waals surface area contributed by atoms with Crippen molar-refractivity contribution in [3.05, 3.63) is 101 Å². The van der Waals surface area contributed by atoms with Crippen molar-refractivity contribution in [2.24, 2.45) is 0 Å². The summed E-state index contributed by atoms with van der Waals surface area (Å²) < 4.78 is 55.2. The van der Waals surface area contributed by atoms with Crippen LogP contribution in [0.4, 0.5) is 17.3 Å². The van der Waals surface area contributed by atoms with Crippen molar-refractivity contribution in [3.63, 3.8) is 0 Å². The topological polar surface area (TPSA) is 147 Å². The number of rotatable bonds is 8. The Morgan fingerprint density at radius 2 is 1.39 bits per heavy atom. The van der Waals surface area contributed by atoms with Crippen LogP contribution in [0.25, 0.3) is 0 Å². The second-order valence-corrected chi connectivity index (χ2v) is 12.0. The van der Waals surface area contributed by atoms with E-state index in [0.717, 1.165) is 5.56 Å². The first kappa shape index (κ1) is 27.0. The molecule has 0 aliphatic carbocycles. The third-order valence-corrected chi connectivity index (χ3v) is 8.29. The van der Waals surface area contributed by atoms with Crippen LogP contribution in [0.15, 0.2) is 88.8 Å². The van der Waals surface area contributed by atoms with Gasteiger partial charge in [0.15, 0.2) is 0 Å². The van der Waals surface area contributed by atoms with Crippen molar-refractivity contribution < 1.29 is 21.6 Å². The van der Waals surface area contributed by atoms with E-state index in [1.807, 2.05) is 6.92 Å². The fourth-order valence-electron chi connectivity index (χ4n) is 3.26. The zero-order chi connectivity index (χ0) is 27.5. The summed E-state index contributed by atoms with van der Waals surface area (Å²) in [5, 5.41) is 2.67. The van der Waals surface area contributed by atoms with Gasteiger partial charge in [-0.05, 0) is 74.5 Å². The van der Waals surface area contributed by atoms with E-state index in [9.17, 15) is 21.6 Å². The lowest BCUT2D eigenvalue weighted by Crippen LogP contribution is -2.16. The number of hydrogen-bond acceptors (Lipinski definition) is 7. The molecule has 196 valence electrons. The Morgan fingerprint density at radius 1 is 0.789 bits per heavy atom. The van der Waals surface area contributed by atoms with Crippen LogP contribution in [-0.4, -0.2) is 32.7 Å². The van der Waals surface area contributed by atoms with Crippen LogP contribution >= 0.6 is 11.6 Å². The molecule has 0 aliphatic rings. The standard InChI is InChI=1S/C25H22ClN5O5S2/c1-16-3-8-20(9-4-16)37(33,34)30-23-12-5-18(15-22(23)26)24(32)29-19-6-10-21(11-7-19)38(35,36)31-25-27-14-13-17(2)28-25/h3-15,30H,1-2H3,(H,29,32)(H,27,28,31). The number of anilines is 3. The maximum atomic E-state index is 12.7. The number of benzene rings is 3. The molecule has 0 aliphatic heterocycles. The molecule has 0 saturated carbocycles. The average molecular weight is 572 g/mol. The van der Waals surface area contributed by atoms with E-state index < -0.39 is 26.0 Å². The smallest absolute Gasteiger partial charge is 0.264 e. The number of nitrogens with zero attached hydrogens (tertiary/aromatic N) is 2. The van der Waals surface area contributed by atoms with Crippen LogP contribution in [0.1, 0.15) is 21.6 Å². The molecule has 0 fully saturated rings. The lowest BCUT2D eigenvalue weighted by Gasteiger charge is -2.12. The molecule has 1 heterocycles. The van der Waals surface area contributed by atoms with Gasteiger partial charge in [-0.1, -0.05) is 29.3 Å². The highest BCUT2D eigenvalue weighted by molar-refractivity contribution is 7.93. The zero-order valence-corrected chi connectivity index (χ0v) is 22.5. The van der Waals surface area contributed by atoms with Crippen LogP contribution in [0.5, 0.6) is 0 Å². The first-order chi connectivity index (χ1) is 17.9. The Labute approximate surface area is 225 Å². The van der Waals surface area contributed by atoms with Crippen LogP contribution < -0.4 is 14.8 Å². The zero-order valence-electron chi connectivity index (χ0n) is 20.1. The second-order valence-electron chi connectivity index (χ2n) is 8.22. The number of aryl methyl sites for hydroxylation is 2. The van der Waals surface area contributed by atoms with Crippen LogP contribution in [0, 0.1) is 13.8 Å². The molecule has 1 aromatic heterocycles. The molecule has 3 aromatic carbocycles. The van der Waals surface area contributed by atoms with Gasteiger partial charge >= 0.3 is 0 Å². The Kier molecular flexibility index (Phi) is 7.67. The maximum Gasteiger partial charge on any atom is 0.264 e. The van der Waals surface area contributed by atoms with Gasteiger partial charge in [0, 0.05) is 23.1 Å². The molecule has 13 heteroatoms. The van der Waals surface area contributed by atoms with Gasteiger partial charge in [-0.3, -0.25) is 9.52 Å². The predicted octanol–water partition coefficient (Wildman–Crippen LogP) is 4.60. The summed E-state index contributed by atoms with van der Waals surface area (Å²) in [6, 6.07) is 17.6. The van der Waals surface area contributed by atoms with Crippen LogP contribution in [-0.2, 0) is 20.0 Å². The summed E-state index contributed by atoms with van der Waals surface area (Å²) in [6.45, 7) is 3.56. The number of hydrogen-bond donors (Lipinski definition) is 3. The Balaban J connectivity index is 1.43. The molecular formula is C25H22ClN5O5S2. The van der Waals surface area contributed by atoms with Crippen molar-refractivity contribution in [1.82, 2.24) is 9.97 Å². The van der Waals surface area contributed by atoms with E-state index in [-0.39, 0.29) is 32.0 Å². The largest absolute Gasteiger partial charge is 0.322 e. The average Bonchev–Trinajstić information content (AvgIpc) is 2.85. The van der Waals surface area contributed by atoms with Gasteiger partial charge in [-0.25, -0.2) is 31.5 Å². The van der Waals surface area contributed by atoms with E-state index in [4.69, 9.17) is 11.6 Å². The van der Waals surface area contributed by atoms with Crippen molar-refractivity contribution in [1.29, 1.82) is 0 Å². The second kappa shape index (κ2) is 10.8. The number of carbonyl (C=O) groups excluding carboxylic acids is 1. The Bertz CT molecular complexity index is 1710. The molecule has 0 saturated heterocycles. The minimum Gasteiger partial charge on any atom is -0.322 e. The van der Waals surface area contributed by atoms with Gasteiger partial charge in [0.25, 0.3) is 26.0 Å². The third-order valence-electron chi connectivity index (χ3n) is 5.25. The molecule has 3 N–H and O–H groups in total. The molecule has 0 unspecified atom stereocenters. The van der Waals surface area contributed by atoms with E-state index in [0.29, 0.717) is 11.4 Å². The minimum absolute atomic E-state index is 0.0271. The molecule has 0 bridgehead atoms. The summed E-state index contributed by atoms with van der Waals surface area (Å²) in [5.41, 5.74) is 2.14. The number of halogens is 1. The van der Waals surface area contributed by atoms with Crippen molar-refractivity contribution >= 4 is 54.9 Å². The number of amides is 1. The van der Waals surface area contributed by atoms with Crippen LogP contribution in [0.3, 0.4) is 0 Å². The molecule has 0 spiro atoms. The first-order valence-corrected chi connectivity index (χ1v) is 14.4.